The van der Waals surface area contributed by atoms with Gasteiger partial charge in [0.15, 0.2) is 0 Å². The SMILES string of the molecule is CCOc1ccc(-c2cncc(C(=O)N/N=C/C3CCCCCC3)n2)cc1. The Morgan fingerprint density at radius 1 is 1.19 bits per heavy atom. The van der Waals surface area contributed by atoms with E-state index in [0.29, 0.717) is 18.2 Å². The molecule has 1 N–H and O–H groups in total. The fourth-order valence-electron chi connectivity index (χ4n) is 3.22. The van der Waals surface area contributed by atoms with E-state index >= 15 is 0 Å². The van der Waals surface area contributed by atoms with Gasteiger partial charge in [0.05, 0.1) is 24.7 Å². The van der Waals surface area contributed by atoms with Crippen LogP contribution in [0, 0.1) is 5.92 Å². The average molecular weight is 366 g/mol. The third kappa shape index (κ3) is 5.61. The van der Waals surface area contributed by atoms with E-state index in [1.165, 1.54) is 31.9 Å². The minimum absolute atomic E-state index is 0.249. The van der Waals surface area contributed by atoms with Crippen LogP contribution < -0.4 is 10.2 Å². The summed E-state index contributed by atoms with van der Waals surface area (Å²) in [5.41, 5.74) is 4.34. The molecular weight excluding hydrogens is 340 g/mol. The highest BCUT2D eigenvalue weighted by molar-refractivity contribution is 5.92. The topological polar surface area (TPSA) is 76.5 Å². The van der Waals surface area contributed by atoms with E-state index in [9.17, 15) is 4.79 Å². The van der Waals surface area contributed by atoms with Crippen molar-refractivity contribution < 1.29 is 9.53 Å². The van der Waals surface area contributed by atoms with Gasteiger partial charge in [-0.1, -0.05) is 25.7 Å². The molecule has 1 aromatic heterocycles. The standard InChI is InChI=1S/C21H26N4O2/c1-2-27-18-11-9-17(10-12-18)19-14-22-15-20(24-19)21(26)25-23-13-16-7-5-3-4-6-8-16/h9-16H,2-8H2,1H3,(H,25,26)/b23-13+. The van der Waals surface area contributed by atoms with Crippen LogP contribution >= 0.6 is 0 Å². The number of aromatic nitrogens is 2. The lowest BCUT2D eigenvalue weighted by Crippen LogP contribution is -2.20. The summed E-state index contributed by atoms with van der Waals surface area (Å²) in [6.45, 7) is 2.57. The van der Waals surface area contributed by atoms with E-state index in [1.807, 2.05) is 37.4 Å². The number of amides is 1. The van der Waals surface area contributed by atoms with Crippen LogP contribution in [-0.2, 0) is 0 Å². The third-order valence-corrected chi connectivity index (χ3v) is 4.68. The number of nitrogens with one attached hydrogen (secondary N) is 1. The van der Waals surface area contributed by atoms with Crippen molar-refractivity contribution in [3.63, 3.8) is 0 Å². The molecule has 1 fully saturated rings. The maximum atomic E-state index is 12.3. The highest BCUT2D eigenvalue weighted by Gasteiger charge is 2.12. The predicted octanol–water partition coefficient (Wildman–Crippen LogP) is 4.23. The first-order chi connectivity index (χ1) is 13.3. The van der Waals surface area contributed by atoms with Crippen LogP contribution in [0.2, 0.25) is 0 Å². The molecule has 0 spiro atoms. The van der Waals surface area contributed by atoms with Crippen molar-refractivity contribution in [3.05, 3.63) is 42.4 Å². The fourth-order valence-corrected chi connectivity index (χ4v) is 3.22. The van der Waals surface area contributed by atoms with Crippen molar-refractivity contribution in [1.82, 2.24) is 15.4 Å². The smallest absolute Gasteiger partial charge is 0.291 e. The van der Waals surface area contributed by atoms with Gasteiger partial charge in [-0.15, -0.1) is 0 Å². The van der Waals surface area contributed by atoms with Gasteiger partial charge in [-0.25, -0.2) is 10.4 Å². The number of carbonyl (C=O) groups excluding carboxylic acids is 1. The molecule has 0 saturated heterocycles. The molecular formula is C21H26N4O2. The molecule has 2 aromatic rings. The van der Waals surface area contributed by atoms with Crippen LogP contribution in [0.3, 0.4) is 0 Å². The minimum Gasteiger partial charge on any atom is -0.494 e. The fraction of sp³-hybridized carbons (Fsp3) is 0.429. The molecule has 1 amide bonds. The lowest BCUT2D eigenvalue weighted by atomic mass is 10.0. The Labute approximate surface area is 160 Å². The molecule has 3 rings (SSSR count). The number of hydrogen-bond donors (Lipinski definition) is 1. The highest BCUT2D eigenvalue weighted by Crippen LogP contribution is 2.22. The van der Waals surface area contributed by atoms with Gasteiger partial charge in [-0.3, -0.25) is 9.78 Å². The summed E-state index contributed by atoms with van der Waals surface area (Å²) >= 11 is 0. The maximum absolute atomic E-state index is 12.3. The van der Waals surface area contributed by atoms with Crippen molar-refractivity contribution in [2.45, 2.75) is 45.4 Å². The molecule has 1 aliphatic rings. The van der Waals surface area contributed by atoms with Crippen molar-refractivity contribution in [1.29, 1.82) is 0 Å². The molecule has 6 nitrogen and oxygen atoms in total. The van der Waals surface area contributed by atoms with Gasteiger partial charge < -0.3 is 4.74 Å². The number of rotatable bonds is 6. The van der Waals surface area contributed by atoms with Gasteiger partial charge >= 0.3 is 0 Å². The Balaban J connectivity index is 1.62. The molecule has 0 unspecified atom stereocenters. The van der Waals surface area contributed by atoms with Gasteiger partial charge in [0, 0.05) is 11.8 Å². The van der Waals surface area contributed by atoms with Crippen LogP contribution in [0.1, 0.15) is 55.9 Å². The Morgan fingerprint density at radius 3 is 2.63 bits per heavy atom. The van der Waals surface area contributed by atoms with Crippen LogP contribution in [0.4, 0.5) is 0 Å². The summed E-state index contributed by atoms with van der Waals surface area (Å²) in [6, 6.07) is 7.57. The zero-order chi connectivity index (χ0) is 18.9. The first kappa shape index (κ1) is 19.0. The number of nitrogens with zero attached hydrogens (tertiary/aromatic N) is 3. The van der Waals surface area contributed by atoms with E-state index in [1.54, 1.807) is 6.20 Å². The number of hydrazone groups is 1. The Kier molecular flexibility index (Phi) is 6.90. The van der Waals surface area contributed by atoms with Gasteiger partial charge in [0.25, 0.3) is 5.91 Å². The lowest BCUT2D eigenvalue weighted by molar-refractivity contribution is 0.0949. The van der Waals surface area contributed by atoms with E-state index in [-0.39, 0.29) is 11.6 Å². The summed E-state index contributed by atoms with van der Waals surface area (Å²) < 4.78 is 5.44. The van der Waals surface area contributed by atoms with Gasteiger partial charge in [-0.2, -0.15) is 5.10 Å². The zero-order valence-electron chi connectivity index (χ0n) is 15.7. The predicted molar refractivity (Wildman–Crippen MR) is 106 cm³/mol. The zero-order valence-corrected chi connectivity index (χ0v) is 15.7. The van der Waals surface area contributed by atoms with Gasteiger partial charge in [0.1, 0.15) is 11.4 Å². The largest absolute Gasteiger partial charge is 0.494 e. The number of carbonyl (C=O) groups is 1. The molecule has 6 heteroatoms. The van der Waals surface area contributed by atoms with E-state index in [2.05, 4.69) is 20.5 Å². The second-order valence-corrected chi connectivity index (χ2v) is 6.72. The van der Waals surface area contributed by atoms with E-state index in [0.717, 1.165) is 24.2 Å². The van der Waals surface area contributed by atoms with Crippen molar-refractivity contribution in [3.8, 4) is 17.0 Å². The summed E-state index contributed by atoms with van der Waals surface area (Å²) in [7, 11) is 0. The lowest BCUT2D eigenvalue weighted by Gasteiger charge is -2.07. The Bertz CT molecular complexity index is 766. The average Bonchev–Trinajstić information content (AvgIpc) is 2.98. The highest BCUT2D eigenvalue weighted by atomic mass is 16.5. The molecule has 1 aromatic carbocycles. The second-order valence-electron chi connectivity index (χ2n) is 6.72. The monoisotopic (exact) mass is 366 g/mol. The van der Waals surface area contributed by atoms with Gasteiger partial charge in [0.2, 0.25) is 0 Å². The van der Waals surface area contributed by atoms with E-state index < -0.39 is 0 Å². The summed E-state index contributed by atoms with van der Waals surface area (Å²) in [6.07, 6.45) is 12.3. The first-order valence-corrected chi connectivity index (χ1v) is 9.65. The summed E-state index contributed by atoms with van der Waals surface area (Å²) in [4.78, 5) is 20.9. The number of ether oxygens (including phenoxy) is 1. The molecule has 0 radical (unpaired) electrons. The number of hydrogen-bond acceptors (Lipinski definition) is 5. The molecule has 0 aliphatic heterocycles. The molecule has 1 heterocycles. The molecule has 0 atom stereocenters. The van der Waals surface area contributed by atoms with E-state index in [4.69, 9.17) is 4.74 Å². The van der Waals surface area contributed by atoms with Crippen molar-refractivity contribution >= 4 is 12.1 Å². The molecule has 1 aliphatic carbocycles. The van der Waals surface area contributed by atoms with Crippen LogP contribution in [0.25, 0.3) is 11.3 Å². The van der Waals surface area contributed by atoms with Crippen molar-refractivity contribution in [2.24, 2.45) is 11.0 Å². The van der Waals surface area contributed by atoms with Crippen LogP contribution in [0.15, 0.2) is 41.8 Å². The van der Waals surface area contributed by atoms with Crippen LogP contribution in [0.5, 0.6) is 5.75 Å². The maximum Gasteiger partial charge on any atom is 0.291 e. The first-order valence-electron chi connectivity index (χ1n) is 9.65. The molecule has 142 valence electrons. The molecule has 1 saturated carbocycles. The molecule has 0 bridgehead atoms. The Hall–Kier alpha value is -2.76. The second kappa shape index (κ2) is 9.80. The summed E-state index contributed by atoms with van der Waals surface area (Å²) in [5, 5.41) is 4.14. The third-order valence-electron chi connectivity index (χ3n) is 4.68. The van der Waals surface area contributed by atoms with Crippen molar-refractivity contribution in [2.75, 3.05) is 6.61 Å². The van der Waals surface area contributed by atoms with Gasteiger partial charge in [-0.05, 0) is 49.9 Å². The Morgan fingerprint density at radius 2 is 1.93 bits per heavy atom. The minimum atomic E-state index is -0.347. The summed E-state index contributed by atoms with van der Waals surface area (Å²) in [5.74, 6) is 0.908. The molecule has 27 heavy (non-hydrogen) atoms. The normalized spacial score (nSPS) is 15.4. The van der Waals surface area contributed by atoms with Crippen LogP contribution in [-0.4, -0.2) is 28.7 Å². The number of benzene rings is 1. The quantitative estimate of drug-likeness (QED) is 0.471.